The topological polar surface area (TPSA) is 72.9 Å². The van der Waals surface area contributed by atoms with Gasteiger partial charge in [-0.25, -0.2) is 9.97 Å². The van der Waals surface area contributed by atoms with Gasteiger partial charge < -0.3 is 10.3 Å². The minimum Gasteiger partial charge on any atom is -0.382 e. The van der Waals surface area contributed by atoms with Crippen LogP contribution in [0.5, 0.6) is 0 Å². The molecule has 6 heteroatoms. The fraction of sp³-hybridized carbons (Fsp3) is 0.364. The number of rotatable bonds is 4. The molecule has 0 aliphatic rings. The van der Waals surface area contributed by atoms with Gasteiger partial charge in [0.2, 0.25) is 0 Å². The van der Waals surface area contributed by atoms with Crippen LogP contribution in [0, 0.1) is 0 Å². The van der Waals surface area contributed by atoms with Gasteiger partial charge in [0, 0.05) is 26.0 Å². The maximum absolute atomic E-state index is 5.49. The fourth-order valence-corrected chi connectivity index (χ4v) is 1.57. The summed E-state index contributed by atoms with van der Waals surface area (Å²) >= 11 is 0. The summed E-state index contributed by atoms with van der Waals surface area (Å²) in [6.45, 7) is 1.50. The summed E-state index contributed by atoms with van der Waals surface area (Å²) < 4.78 is 2.01. The van der Waals surface area contributed by atoms with Crippen molar-refractivity contribution in [2.24, 2.45) is 7.05 Å². The lowest BCUT2D eigenvalue weighted by atomic mass is 10.4. The summed E-state index contributed by atoms with van der Waals surface area (Å²) in [6, 6.07) is 0. The predicted molar refractivity (Wildman–Crippen MR) is 64.8 cm³/mol. The van der Waals surface area contributed by atoms with Crippen molar-refractivity contribution in [2.75, 3.05) is 12.8 Å². The molecule has 0 fully saturated rings. The Morgan fingerprint density at radius 2 is 2.06 bits per heavy atom. The quantitative estimate of drug-likeness (QED) is 0.827. The Bertz CT molecular complexity index is 475. The summed E-state index contributed by atoms with van der Waals surface area (Å²) in [5, 5.41) is 0. The van der Waals surface area contributed by atoms with Crippen molar-refractivity contribution in [3.05, 3.63) is 36.3 Å². The molecular formula is C11H16N6. The van der Waals surface area contributed by atoms with Gasteiger partial charge in [-0.1, -0.05) is 0 Å². The normalized spacial score (nSPS) is 11.0. The average Bonchev–Trinajstić information content (AvgIpc) is 2.68. The van der Waals surface area contributed by atoms with Crippen molar-refractivity contribution in [1.82, 2.24) is 24.4 Å². The van der Waals surface area contributed by atoms with E-state index < -0.39 is 0 Å². The number of imidazole rings is 1. The van der Waals surface area contributed by atoms with Crippen molar-refractivity contribution in [3.8, 4) is 0 Å². The Labute approximate surface area is 100 Å². The summed E-state index contributed by atoms with van der Waals surface area (Å²) in [5.74, 6) is 1.47. The van der Waals surface area contributed by atoms with E-state index in [4.69, 9.17) is 5.73 Å². The van der Waals surface area contributed by atoms with E-state index in [1.54, 1.807) is 18.6 Å². The maximum Gasteiger partial charge on any atom is 0.141 e. The molecule has 0 saturated carbocycles. The van der Waals surface area contributed by atoms with Crippen molar-refractivity contribution in [1.29, 1.82) is 0 Å². The molecule has 2 heterocycles. The van der Waals surface area contributed by atoms with E-state index in [1.165, 1.54) is 0 Å². The first-order valence-corrected chi connectivity index (χ1v) is 5.36. The summed E-state index contributed by atoms with van der Waals surface area (Å²) in [6.07, 6.45) is 7.01. The largest absolute Gasteiger partial charge is 0.382 e. The average molecular weight is 232 g/mol. The highest BCUT2D eigenvalue weighted by molar-refractivity contribution is 5.22. The van der Waals surface area contributed by atoms with Crippen LogP contribution in [0.2, 0.25) is 0 Å². The number of nitrogens with two attached hydrogens (primary N) is 1. The molecule has 0 amide bonds. The van der Waals surface area contributed by atoms with Crippen molar-refractivity contribution >= 4 is 5.82 Å². The molecule has 0 radical (unpaired) electrons. The molecule has 2 N–H and O–H groups in total. The third kappa shape index (κ3) is 3.01. The molecule has 0 bridgehead atoms. The second-order valence-corrected chi connectivity index (χ2v) is 4.06. The second kappa shape index (κ2) is 4.92. The Kier molecular flexibility index (Phi) is 3.34. The monoisotopic (exact) mass is 232 g/mol. The first kappa shape index (κ1) is 11.5. The molecule has 0 spiro atoms. The van der Waals surface area contributed by atoms with Gasteiger partial charge in [-0.3, -0.25) is 9.88 Å². The Balaban J connectivity index is 1.95. The zero-order valence-corrected chi connectivity index (χ0v) is 10.0. The number of nitrogens with zero attached hydrogens (tertiary/aromatic N) is 5. The van der Waals surface area contributed by atoms with E-state index >= 15 is 0 Å². The van der Waals surface area contributed by atoms with E-state index in [1.807, 2.05) is 24.9 Å². The van der Waals surface area contributed by atoms with Gasteiger partial charge in [-0.15, -0.1) is 0 Å². The second-order valence-electron chi connectivity index (χ2n) is 4.06. The first-order chi connectivity index (χ1) is 8.15. The fourth-order valence-electron chi connectivity index (χ4n) is 1.57. The number of hydrogen-bond donors (Lipinski definition) is 1. The van der Waals surface area contributed by atoms with Crippen LogP contribution in [0.1, 0.15) is 11.5 Å². The number of anilines is 1. The third-order valence-corrected chi connectivity index (χ3v) is 2.49. The molecule has 2 rings (SSSR count). The molecule has 17 heavy (non-hydrogen) atoms. The molecule has 0 aliphatic carbocycles. The van der Waals surface area contributed by atoms with Gasteiger partial charge in [-0.05, 0) is 7.05 Å². The Morgan fingerprint density at radius 3 is 2.65 bits per heavy atom. The summed E-state index contributed by atoms with van der Waals surface area (Å²) in [7, 11) is 4.01. The highest BCUT2D eigenvalue weighted by Crippen LogP contribution is 2.04. The van der Waals surface area contributed by atoms with Gasteiger partial charge in [0.25, 0.3) is 0 Å². The van der Waals surface area contributed by atoms with E-state index in [0.717, 1.165) is 24.6 Å². The lowest BCUT2D eigenvalue weighted by molar-refractivity contribution is 0.303. The Morgan fingerprint density at radius 1 is 1.24 bits per heavy atom. The van der Waals surface area contributed by atoms with E-state index in [0.29, 0.717) is 5.82 Å². The minimum atomic E-state index is 0.445. The van der Waals surface area contributed by atoms with Crippen molar-refractivity contribution in [2.45, 2.75) is 13.1 Å². The van der Waals surface area contributed by atoms with Crippen molar-refractivity contribution < 1.29 is 0 Å². The van der Waals surface area contributed by atoms with Crippen LogP contribution in [0.4, 0.5) is 5.82 Å². The Hall–Kier alpha value is -1.95. The molecular weight excluding hydrogens is 216 g/mol. The predicted octanol–water partition coefficient (Wildman–Crippen LogP) is 0.424. The lowest BCUT2D eigenvalue weighted by Gasteiger charge is -2.15. The molecule has 90 valence electrons. The van der Waals surface area contributed by atoms with Gasteiger partial charge >= 0.3 is 0 Å². The highest BCUT2D eigenvalue weighted by Gasteiger charge is 2.06. The molecule has 0 aliphatic heterocycles. The first-order valence-electron chi connectivity index (χ1n) is 5.36. The van der Waals surface area contributed by atoms with E-state index in [-0.39, 0.29) is 0 Å². The molecule has 0 saturated heterocycles. The van der Waals surface area contributed by atoms with Crippen LogP contribution >= 0.6 is 0 Å². The molecule has 0 unspecified atom stereocenters. The van der Waals surface area contributed by atoms with E-state index in [2.05, 4.69) is 19.9 Å². The molecule has 2 aromatic rings. The molecule has 6 nitrogen and oxygen atoms in total. The number of aryl methyl sites for hydroxylation is 1. The van der Waals surface area contributed by atoms with Crippen LogP contribution in [-0.2, 0) is 20.1 Å². The molecule has 2 aromatic heterocycles. The highest BCUT2D eigenvalue weighted by atomic mass is 15.2. The summed E-state index contributed by atoms with van der Waals surface area (Å²) in [5.41, 5.74) is 6.39. The smallest absolute Gasteiger partial charge is 0.141 e. The van der Waals surface area contributed by atoms with Crippen molar-refractivity contribution in [3.63, 3.8) is 0 Å². The molecule has 0 atom stereocenters. The van der Waals surface area contributed by atoms with Crippen LogP contribution in [0.25, 0.3) is 0 Å². The molecule has 0 aromatic carbocycles. The van der Waals surface area contributed by atoms with Gasteiger partial charge in [0.1, 0.15) is 11.6 Å². The lowest BCUT2D eigenvalue weighted by Crippen LogP contribution is -2.20. The van der Waals surface area contributed by atoms with Gasteiger partial charge in [0.05, 0.1) is 24.6 Å². The van der Waals surface area contributed by atoms with Crippen LogP contribution in [0.3, 0.4) is 0 Å². The standard InChI is InChI=1S/C11H16N6/c1-16(8-11-13-3-4-17(11)2)7-9-5-15-10(12)6-14-9/h3-6H,7-8H2,1-2H3,(H2,12,15). The summed E-state index contributed by atoms with van der Waals surface area (Å²) in [4.78, 5) is 14.6. The third-order valence-electron chi connectivity index (χ3n) is 2.49. The van der Waals surface area contributed by atoms with Gasteiger partial charge in [-0.2, -0.15) is 0 Å². The zero-order valence-electron chi connectivity index (χ0n) is 10.0. The van der Waals surface area contributed by atoms with E-state index in [9.17, 15) is 0 Å². The maximum atomic E-state index is 5.49. The van der Waals surface area contributed by atoms with Gasteiger partial charge in [0.15, 0.2) is 0 Å². The zero-order chi connectivity index (χ0) is 12.3. The van der Waals surface area contributed by atoms with Crippen LogP contribution in [0.15, 0.2) is 24.8 Å². The minimum absolute atomic E-state index is 0.445. The van der Waals surface area contributed by atoms with Crippen LogP contribution in [-0.4, -0.2) is 31.5 Å². The number of hydrogen-bond acceptors (Lipinski definition) is 5. The van der Waals surface area contributed by atoms with Crippen LogP contribution < -0.4 is 5.73 Å². The number of aromatic nitrogens is 4. The number of nitrogen functional groups attached to an aromatic ring is 1. The SMILES string of the molecule is CN(Cc1cnc(N)cn1)Cc1nccn1C.